The van der Waals surface area contributed by atoms with Crippen molar-refractivity contribution in [3.05, 3.63) is 0 Å². The molecule has 1 aliphatic heterocycles. The maximum atomic E-state index is 13.8. The van der Waals surface area contributed by atoms with Crippen LogP contribution < -0.4 is 0 Å². The summed E-state index contributed by atoms with van der Waals surface area (Å²) in [5.41, 5.74) is 0. The van der Waals surface area contributed by atoms with Gasteiger partial charge < -0.3 is 19.7 Å². The minimum atomic E-state index is -4.16. The van der Waals surface area contributed by atoms with Gasteiger partial charge in [-0.2, -0.15) is 0 Å². The number of phosphoric acid groups is 2. The van der Waals surface area contributed by atoms with E-state index in [-0.39, 0.29) is 26.4 Å². The SMILES string of the molecule is CCCCOP(=O)(OCCCC)O[C@H]1[C@H](O)[C@@H](O)[C@H](OP(=O)(OCCCC)OCCCC)[C@H]2OC3(CCCCC3)O[C@H]21. The summed E-state index contributed by atoms with van der Waals surface area (Å²) >= 11 is 0. The van der Waals surface area contributed by atoms with Crippen LogP contribution in [0.3, 0.4) is 0 Å². The molecule has 3 rings (SSSR count). The molecule has 0 aromatic carbocycles. The van der Waals surface area contributed by atoms with E-state index in [0.29, 0.717) is 38.5 Å². The van der Waals surface area contributed by atoms with E-state index in [9.17, 15) is 19.3 Å². The van der Waals surface area contributed by atoms with Crippen LogP contribution in [0.25, 0.3) is 0 Å². The highest BCUT2D eigenvalue weighted by molar-refractivity contribution is 7.48. The first-order valence-corrected chi connectivity index (χ1v) is 18.9. The molecule has 1 saturated heterocycles. The first-order chi connectivity index (χ1) is 20.2. The highest BCUT2D eigenvalue weighted by Gasteiger charge is 2.63. The Balaban J connectivity index is 1.90. The zero-order valence-corrected chi connectivity index (χ0v) is 27.6. The Morgan fingerprint density at radius 1 is 0.619 bits per heavy atom. The van der Waals surface area contributed by atoms with Crippen LogP contribution in [0, 0.1) is 0 Å². The van der Waals surface area contributed by atoms with E-state index in [2.05, 4.69) is 0 Å². The van der Waals surface area contributed by atoms with Crippen molar-refractivity contribution in [2.24, 2.45) is 0 Å². The van der Waals surface area contributed by atoms with Crippen molar-refractivity contribution in [3.8, 4) is 0 Å². The van der Waals surface area contributed by atoms with Gasteiger partial charge in [-0.25, -0.2) is 9.13 Å². The second kappa shape index (κ2) is 17.7. The summed E-state index contributed by atoms with van der Waals surface area (Å²) in [5, 5.41) is 22.8. The Morgan fingerprint density at radius 2 is 0.952 bits per heavy atom. The molecule has 6 atom stereocenters. The van der Waals surface area contributed by atoms with Crippen molar-refractivity contribution < 1.29 is 56.0 Å². The molecule has 0 unspecified atom stereocenters. The second-order valence-corrected chi connectivity index (χ2v) is 14.6. The summed E-state index contributed by atoms with van der Waals surface area (Å²) in [7, 11) is -8.32. The van der Waals surface area contributed by atoms with Crippen LogP contribution in [0.15, 0.2) is 0 Å². The van der Waals surface area contributed by atoms with Crippen molar-refractivity contribution in [1.82, 2.24) is 0 Å². The van der Waals surface area contributed by atoms with Crippen molar-refractivity contribution in [2.75, 3.05) is 26.4 Å². The number of hydrogen-bond donors (Lipinski definition) is 2. The first kappa shape index (κ1) is 36.5. The van der Waals surface area contributed by atoms with Gasteiger partial charge in [0, 0.05) is 12.8 Å². The fourth-order valence-corrected chi connectivity index (χ4v) is 8.18. The number of rotatable bonds is 20. The number of aliphatic hydroxyl groups is 2. The highest BCUT2D eigenvalue weighted by atomic mass is 31.2. The smallest absolute Gasteiger partial charge is 0.387 e. The van der Waals surface area contributed by atoms with Gasteiger partial charge in [0.2, 0.25) is 0 Å². The molecule has 0 aromatic heterocycles. The van der Waals surface area contributed by atoms with E-state index in [1.54, 1.807) is 0 Å². The Hall–Kier alpha value is 0.0600. The van der Waals surface area contributed by atoms with Crippen LogP contribution in [-0.4, -0.2) is 79.1 Å². The van der Waals surface area contributed by atoms with Gasteiger partial charge in [-0.1, -0.05) is 59.8 Å². The molecule has 14 heteroatoms. The quantitative estimate of drug-likeness (QED) is 0.111. The van der Waals surface area contributed by atoms with E-state index in [1.165, 1.54) is 0 Å². The lowest BCUT2D eigenvalue weighted by Crippen LogP contribution is -2.63. The summed E-state index contributed by atoms with van der Waals surface area (Å²) in [6, 6.07) is 0. The van der Waals surface area contributed by atoms with E-state index in [1.807, 2.05) is 27.7 Å². The molecule has 3 fully saturated rings. The molecule has 0 radical (unpaired) electrons. The number of unbranched alkanes of at least 4 members (excludes halogenated alkanes) is 4. The maximum Gasteiger partial charge on any atom is 0.475 e. The van der Waals surface area contributed by atoms with Gasteiger partial charge in [0.15, 0.2) is 5.79 Å². The van der Waals surface area contributed by atoms with E-state index in [4.69, 9.17) is 36.6 Å². The lowest BCUT2D eigenvalue weighted by atomic mass is 9.85. The number of phosphoric ester groups is 2. The molecule has 0 bridgehead atoms. The minimum absolute atomic E-state index is 0.139. The highest BCUT2D eigenvalue weighted by Crippen LogP contribution is 2.58. The average molecular weight is 645 g/mol. The molecule has 248 valence electrons. The van der Waals surface area contributed by atoms with E-state index < -0.39 is 58.1 Å². The number of aliphatic hydroxyl groups excluding tert-OH is 2. The molecule has 3 aliphatic rings. The third-order valence-corrected chi connectivity index (χ3v) is 10.8. The van der Waals surface area contributed by atoms with E-state index in [0.717, 1.165) is 44.9 Å². The molecule has 1 heterocycles. The topological polar surface area (TPSA) is 148 Å². The average Bonchev–Trinajstić information content (AvgIpc) is 3.33. The summed E-state index contributed by atoms with van der Waals surface area (Å²) in [4.78, 5) is 0. The Labute approximate surface area is 251 Å². The maximum absolute atomic E-state index is 13.8. The molecular weight excluding hydrogens is 590 g/mol. The lowest BCUT2D eigenvalue weighted by Gasteiger charge is -2.43. The lowest BCUT2D eigenvalue weighted by molar-refractivity contribution is -0.202. The summed E-state index contributed by atoms with van der Waals surface area (Å²) < 4.78 is 74.8. The fraction of sp³-hybridized carbons (Fsp3) is 1.00. The molecule has 2 N–H and O–H groups in total. The predicted octanol–water partition coefficient (Wildman–Crippen LogP) is 6.42. The predicted molar refractivity (Wildman–Crippen MR) is 156 cm³/mol. The summed E-state index contributed by atoms with van der Waals surface area (Å²) in [5.74, 6) is -1.01. The van der Waals surface area contributed by atoms with Crippen molar-refractivity contribution in [1.29, 1.82) is 0 Å². The van der Waals surface area contributed by atoms with Crippen LogP contribution in [0.1, 0.15) is 111 Å². The van der Waals surface area contributed by atoms with Gasteiger partial charge in [0.05, 0.1) is 26.4 Å². The van der Waals surface area contributed by atoms with Gasteiger partial charge in [0.25, 0.3) is 0 Å². The second-order valence-electron chi connectivity index (χ2n) is 11.4. The third-order valence-electron chi connectivity index (χ3n) is 7.80. The van der Waals surface area contributed by atoms with Crippen LogP contribution in [-0.2, 0) is 45.7 Å². The van der Waals surface area contributed by atoms with Gasteiger partial charge in [-0.05, 0) is 38.5 Å². The van der Waals surface area contributed by atoms with Gasteiger partial charge in [0.1, 0.15) is 36.6 Å². The molecule has 2 saturated carbocycles. The number of hydrogen-bond acceptors (Lipinski definition) is 12. The zero-order valence-electron chi connectivity index (χ0n) is 25.9. The number of ether oxygens (including phenoxy) is 2. The van der Waals surface area contributed by atoms with Crippen molar-refractivity contribution >= 4 is 15.6 Å². The number of fused-ring (bicyclic) bond motifs is 1. The van der Waals surface area contributed by atoms with Gasteiger partial charge in [-0.3, -0.25) is 27.1 Å². The van der Waals surface area contributed by atoms with Crippen LogP contribution in [0.4, 0.5) is 0 Å². The largest absolute Gasteiger partial charge is 0.475 e. The molecular formula is C28H54O12P2. The zero-order chi connectivity index (χ0) is 30.6. The van der Waals surface area contributed by atoms with Crippen LogP contribution in [0.2, 0.25) is 0 Å². The first-order valence-electron chi connectivity index (χ1n) is 16.0. The molecule has 0 aromatic rings. The monoisotopic (exact) mass is 644 g/mol. The van der Waals surface area contributed by atoms with Gasteiger partial charge >= 0.3 is 15.6 Å². The minimum Gasteiger partial charge on any atom is -0.387 e. The Morgan fingerprint density at radius 3 is 1.26 bits per heavy atom. The molecule has 2 aliphatic carbocycles. The molecule has 12 nitrogen and oxygen atoms in total. The Bertz CT molecular complexity index is 780. The normalized spacial score (nSPS) is 29.7. The van der Waals surface area contributed by atoms with Crippen LogP contribution >= 0.6 is 15.6 Å². The molecule has 0 amide bonds. The van der Waals surface area contributed by atoms with Crippen LogP contribution in [0.5, 0.6) is 0 Å². The Kier molecular flexibility index (Phi) is 15.4. The third kappa shape index (κ3) is 10.0. The van der Waals surface area contributed by atoms with Crippen molar-refractivity contribution in [3.63, 3.8) is 0 Å². The summed E-state index contributed by atoms with van der Waals surface area (Å²) in [6.07, 6.45) is 1.66. The molecule has 42 heavy (non-hydrogen) atoms. The van der Waals surface area contributed by atoms with Crippen molar-refractivity contribution in [2.45, 2.75) is 154 Å². The van der Waals surface area contributed by atoms with E-state index >= 15 is 0 Å². The standard InChI is InChI=1S/C28H54O12P2/c1-5-9-18-33-41(31,34-19-10-6-2)39-24-22(29)23(30)25(27-26(24)37-28(38-27)16-14-13-15-17-28)40-42(32,35-20-11-7-3)36-21-12-8-4/h22-27,29-30H,5-21H2,1-4H3/t22-,23-,24+,25+,26-,27+/m1/s1. The fourth-order valence-electron chi connectivity index (χ4n) is 5.29. The summed E-state index contributed by atoms with van der Waals surface area (Å²) in [6.45, 7) is 8.46. The molecule has 1 spiro atoms. The van der Waals surface area contributed by atoms with Gasteiger partial charge in [-0.15, -0.1) is 0 Å².